The highest BCUT2D eigenvalue weighted by Crippen LogP contribution is 2.29. The average molecular weight is 316 g/mol. The van der Waals surface area contributed by atoms with Gasteiger partial charge in [0.2, 0.25) is 0 Å². The molecule has 0 aliphatic heterocycles. The molecule has 3 nitrogen and oxygen atoms in total. The van der Waals surface area contributed by atoms with Gasteiger partial charge in [0.05, 0.1) is 10.7 Å². The van der Waals surface area contributed by atoms with Crippen LogP contribution < -0.4 is 0 Å². The number of hydrogen-bond acceptors (Lipinski definition) is 2. The minimum atomic E-state index is 0.554. The van der Waals surface area contributed by atoms with E-state index in [2.05, 4.69) is 42.2 Å². The second-order valence-corrected chi connectivity index (χ2v) is 5.75. The molecule has 106 valence electrons. The largest absolute Gasteiger partial charge is 0.268 e. The van der Waals surface area contributed by atoms with E-state index in [-0.39, 0.29) is 0 Å². The lowest BCUT2D eigenvalue weighted by atomic mass is 10.1. The monoisotopic (exact) mass is 315 g/mol. The lowest BCUT2D eigenvalue weighted by Gasteiger charge is -2.11. The van der Waals surface area contributed by atoms with Crippen LogP contribution >= 0.6 is 23.8 Å². The first kappa shape index (κ1) is 14.0. The van der Waals surface area contributed by atoms with Crippen LogP contribution in [0.15, 0.2) is 42.5 Å². The van der Waals surface area contributed by atoms with Gasteiger partial charge in [-0.05, 0) is 55.4 Å². The molecule has 0 fully saturated rings. The predicted molar refractivity (Wildman–Crippen MR) is 88.7 cm³/mol. The van der Waals surface area contributed by atoms with Gasteiger partial charge in [-0.1, -0.05) is 35.9 Å². The van der Waals surface area contributed by atoms with Crippen molar-refractivity contribution in [3.8, 4) is 17.1 Å². The molecule has 0 unspecified atom stereocenters. The molecule has 5 heteroatoms. The standard InChI is InChI=1S/C16H14ClN3S/c1-10-7-8-11(2)14(9-10)20-15(18-19-16(20)21)12-5-3-4-6-13(12)17/h3-9H,1-2H3,(H,19,21). The van der Waals surface area contributed by atoms with Crippen LogP contribution in [0.4, 0.5) is 0 Å². The van der Waals surface area contributed by atoms with Gasteiger partial charge in [-0.3, -0.25) is 9.67 Å². The number of hydrogen-bond donors (Lipinski definition) is 1. The molecule has 3 aromatic rings. The number of rotatable bonds is 2. The Balaban J connectivity index is 2.30. The van der Waals surface area contributed by atoms with Gasteiger partial charge in [0.15, 0.2) is 10.6 Å². The summed E-state index contributed by atoms with van der Waals surface area (Å²) in [6, 6.07) is 13.9. The van der Waals surface area contributed by atoms with Crippen LogP contribution in [0.3, 0.4) is 0 Å². The summed E-state index contributed by atoms with van der Waals surface area (Å²) in [4.78, 5) is 0. The van der Waals surface area contributed by atoms with Crippen LogP contribution in [0.2, 0.25) is 5.02 Å². The number of benzene rings is 2. The van der Waals surface area contributed by atoms with Gasteiger partial charge >= 0.3 is 0 Å². The van der Waals surface area contributed by atoms with Crippen molar-refractivity contribution < 1.29 is 0 Å². The van der Waals surface area contributed by atoms with Crippen LogP contribution in [0.1, 0.15) is 11.1 Å². The molecule has 0 radical (unpaired) electrons. The van der Waals surface area contributed by atoms with Crippen molar-refractivity contribution >= 4 is 23.8 Å². The van der Waals surface area contributed by atoms with Gasteiger partial charge in [-0.15, -0.1) is 0 Å². The van der Waals surface area contributed by atoms with Crippen molar-refractivity contribution in [3.05, 3.63) is 63.4 Å². The molecule has 1 N–H and O–H groups in total. The van der Waals surface area contributed by atoms with Gasteiger partial charge in [-0.25, -0.2) is 0 Å². The lowest BCUT2D eigenvalue weighted by Crippen LogP contribution is -2.01. The zero-order chi connectivity index (χ0) is 15.0. The van der Waals surface area contributed by atoms with E-state index in [0.717, 1.165) is 22.6 Å². The quantitative estimate of drug-likeness (QED) is 0.685. The van der Waals surface area contributed by atoms with E-state index in [1.807, 2.05) is 28.8 Å². The Morgan fingerprint density at radius 1 is 1.14 bits per heavy atom. The molecule has 0 aliphatic carbocycles. The van der Waals surface area contributed by atoms with E-state index in [0.29, 0.717) is 9.79 Å². The molecular weight excluding hydrogens is 302 g/mol. The summed E-state index contributed by atoms with van der Waals surface area (Å²) in [5, 5.41) is 7.87. The zero-order valence-electron chi connectivity index (χ0n) is 11.7. The highest BCUT2D eigenvalue weighted by Gasteiger charge is 2.14. The number of halogens is 1. The van der Waals surface area contributed by atoms with E-state index < -0.39 is 0 Å². The number of H-pyrrole nitrogens is 1. The summed E-state index contributed by atoms with van der Waals surface area (Å²) in [7, 11) is 0. The fourth-order valence-corrected chi connectivity index (χ4v) is 2.75. The van der Waals surface area contributed by atoms with E-state index >= 15 is 0 Å². The highest BCUT2D eigenvalue weighted by atomic mass is 35.5. The van der Waals surface area contributed by atoms with Crippen LogP contribution in [0, 0.1) is 18.6 Å². The Morgan fingerprint density at radius 2 is 1.90 bits per heavy atom. The van der Waals surface area contributed by atoms with E-state index in [1.54, 1.807) is 0 Å². The number of aromatic nitrogens is 3. The Kier molecular flexibility index (Phi) is 3.66. The van der Waals surface area contributed by atoms with Crippen LogP contribution in [0.5, 0.6) is 0 Å². The minimum Gasteiger partial charge on any atom is -0.268 e. The SMILES string of the molecule is Cc1ccc(C)c(-n2c(-c3ccccc3Cl)n[nH]c2=S)c1. The number of aryl methyl sites for hydroxylation is 2. The molecule has 2 aromatic carbocycles. The maximum atomic E-state index is 6.30. The van der Waals surface area contributed by atoms with Crippen molar-refractivity contribution in [1.29, 1.82) is 0 Å². The molecule has 0 spiro atoms. The first-order valence-corrected chi connectivity index (χ1v) is 7.36. The summed E-state index contributed by atoms with van der Waals surface area (Å²) in [5.41, 5.74) is 4.17. The van der Waals surface area contributed by atoms with Crippen molar-refractivity contribution in [3.63, 3.8) is 0 Å². The van der Waals surface area contributed by atoms with Gasteiger partial charge < -0.3 is 0 Å². The molecule has 0 amide bonds. The fourth-order valence-electron chi connectivity index (χ4n) is 2.30. The number of aromatic amines is 1. The summed E-state index contributed by atoms with van der Waals surface area (Å²) in [6.45, 7) is 4.11. The van der Waals surface area contributed by atoms with E-state index in [1.165, 1.54) is 5.56 Å². The molecule has 21 heavy (non-hydrogen) atoms. The Hall–Kier alpha value is -1.91. The molecule has 0 atom stereocenters. The maximum absolute atomic E-state index is 6.30. The van der Waals surface area contributed by atoms with Crippen LogP contribution in [0.25, 0.3) is 17.1 Å². The van der Waals surface area contributed by atoms with Gasteiger partial charge in [0.25, 0.3) is 0 Å². The number of nitrogens with zero attached hydrogens (tertiary/aromatic N) is 2. The van der Waals surface area contributed by atoms with Crippen molar-refractivity contribution in [2.75, 3.05) is 0 Å². The second-order valence-electron chi connectivity index (χ2n) is 4.96. The maximum Gasteiger partial charge on any atom is 0.200 e. The normalized spacial score (nSPS) is 10.8. The number of nitrogens with one attached hydrogen (secondary N) is 1. The summed E-state index contributed by atoms with van der Waals surface area (Å²) >= 11 is 11.7. The Bertz CT molecular complexity index is 864. The first-order valence-electron chi connectivity index (χ1n) is 6.58. The smallest absolute Gasteiger partial charge is 0.200 e. The first-order chi connectivity index (χ1) is 10.1. The summed E-state index contributed by atoms with van der Waals surface area (Å²) in [5.74, 6) is 0.722. The predicted octanol–water partition coefficient (Wildman–Crippen LogP) is 4.87. The average Bonchev–Trinajstić information content (AvgIpc) is 2.84. The van der Waals surface area contributed by atoms with E-state index in [9.17, 15) is 0 Å². The third-order valence-electron chi connectivity index (χ3n) is 3.39. The van der Waals surface area contributed by atoms with Crippen molar-refractivity contribution in [2.24, 2.45) is 0 Å². The van der Waals surface area contributed by atoms with Gasteiger partial charge in [-0.2, -0.15) is 5.10 Å². The lowest BCUT2D eigenvalue weighted by molar-refractivity contribution is 1.02. The minimum absolute atomic E-state index is 0.554. The fraction of sp³-hybridized carbons (Fsp3) is 0.125. The molecular formula is C16H14ClN3S. The molecule has 1 aromatic heterocycles. The topological polar surface area (TPSA) is 33.6 Å². The highest BCUT2D eigenvalue weighted by molar-refractivity contribution is 7.71. The van der Waals surface area contributed by atoms with Gasteiger partial charge in [0, 0.05) is 5.56 Å². The van der Waals surface area contributed by atoms with Crippen LogP contribution in [-0.4, -0.2) is 14.8 Å². The van der Waals surface area contributed by atoms with Crippen molar-refractivity contribution in [2.45, 2.75) is 13.8 Å². The second kappa shape index (κ2) is 5.47. The van der Waals surface area contributed by atoms with Gasteiger partial charge in [0.1, 0.15) is 0 Å². The summed E-state index contributed by atoms with van der Waals surface area (Å²) in [6.07, 6.45) is 0. The third-order valence-corrected chi connectivity index (χ3v) is 4.00. The molecule has 0 aliphatic rings. The molecule has 1 heterocycles. The third kappa shape index (κ3) is 2.52. The molecule has 0 saturated carbocycles. The molecule has 0 bridgehead atoms. The molecule has 3 rings (SSSR count). The Morgan fingerprint density at radius 3 is 2.67 bits per heavy atom. The zero-order valence-corrected chi connectivity index (χ0v) is 13.3. The van der Waals surface area contributed by atoms with Crippen molar-refractivity contribution in [1.82, 2.24) is 14.8 Å². The Labute approximate surface area is 133 Å². The van der Waals surface area contributed by atoms with E-state index in [4.69, 9.17) is 23.8 Å². The molecule has 0 saturated heterocycles. The summed E-state index contributed by atoms with van der Waals surface area (Å²) < 4.78 is 2.48. The van der Waals surface area contributed by atoms with Crippen LogP contribution in [-0.2, 0) is 0 Å².